The second-order valence-electron chi connectivity index (χ2n) is 6.66. The largest absolute Gasteiger partial charge is 0.492 e. The van der Waals surface area contributed by atoms with Gasteiger partial charge in [0.15, 0.2) is 0 Å². The maximum absolute atomic E-state index is 6.05. The fourth-order valence-electron chi connectivity index (χ4n) is 3.11. The average molecular weight is 382 g/mol. The third-order valence-corrected chi connectivity index (χ3v) is 4.45. The van der Waals surface area contributed by atoms with Gasteiger partial charge in [-0.2, -0.15) is 0 Å². The van der Waals surface area contributed by atoms with E-state index in [0.717, 1.165) is 25.1 Å². The molecule has 3 heteroatoms. The third kappa shape index (κ3) is 7.09. The number of nitrogens with one attached hydrogen (secondary N) is 1. The lowest BCUT2D eigenvalue weighted by Crippen LogP contribution is -2.31. The molecule has 0 fully saturated rings. The quantitative estimate of drug-likeness (QED) is 0.508. The average Bonchev–Trinajstić information content (AvgIpc) is 2.68. The lowest BCUT2D eigenvalue weighted by Gasteiger charge is -2.15. The highest BCUT2D eigenvalue weighted by Crippen LogP contribution is 2.21. The summed E-state index contributed by atoms with van der Waals surface area (Å²) in [6.07, 6.45) is 1.93. The third-order valence-electron chi connectivity index (χ3n) is 4.45. The van der Waals surface area contributed by atoms with Crippen LogP contribution in [0.3, 0.4) is 0 Å². The highest BCUT2D eigenvalue weighted by atomic mass is 35.5. The van der Waals surface area contributed by atoms with Gasteiger partial charge in [-0.15, -0.1) is 12.4 Å². The van der Waals surface area contributed by atoms with E-state index < -0.39 is 0 Å². The standard InChI is InChI=1S/C24H27NO.ClH/c1-20(18-21-10-4-2-5-11-21)25-16-17-26-24-15-9-8-14-23(24)19-22-12-6-3-7-13-22;/h2-15,20,25H,16-19H2,1H3;1H. The van der Waals surface area contributed by atoms with E-state index in [0.29, 0.717) is 12.6 Å². The van der Waals surface area contributed by atoms with E-state index in [-0.39, 0.29) is 12.4 Å². The van der Waals surface area contributed by atoms with Crippen molar-refractivity contribution in [2.45, 2.75) is 25.8 Å². The van der Waals surface area contributed by atoms with Crippen molar-refractivity contribution in [3.63, 3.8) is 0 Å². The number of hydrogen-bond acceptors (Lipinski definition) is 2. The Balaban J connectivity index is 0.00000261. The van der Waals surface area contributed by atoms with E-state index in [1.54, 1.807) is 0 Å². The first kappa shape index (κ1) is 21.0. The molecule has 0 amide bonds. The number of para-hydroxylation sites is 1. The molecule has 0 aromatic heterocycles. The molecule has 2 nitrogen and oxygen atoms in total. The van der Waals surface area contributed by atoms with Crippen molar-refractivity contribution in [2.24, 2.45) is 0 Å². The summed E-state index contributed by atoms with van der Waals surface area (Å²) in [4.78, 5) is 0. The predicted molar refractivity (Wildman–Crippen MR) is 116 cm³/mol. The van der Waals surface area contributed by atoms with Gasteiger partial charge in [-0.25, -0.2) is 0 Å². The smallest absolute Gasteiger partial charge is 0.122 e. The fourth-order valence-corrected chi connectivity index (χ4v) is 3.11. The van der Waals surface area contributed by atoms with E-state index in [4.69, 9.17) is 4.74 Å². The van der Waals surface area contributed by atoms with Crippen LogP contribution >= 0.6 is 12.4 Å². The molecule has 3 rings (SSSR count). The summed E-state index contributed by atoms with van der Waals surface area (Å²) in [5.41, 5.74) is 3.90. The van der Waals surface area contributed by atoms with Crippen LogP contribution < -0.4 is 10.1 Å². The summed E-state index contributed by atoms with van der Waals surface area (Å²) in [5, 5.41) is 3.55. The second kappa shape index (κ2) is 11.4. The number of rotatable bonds is 9. The van der Waals surface area contributed by atoms with E-state index >= 15 is 0 Å². The molecule has 0 saturated carbocycles. The Kier molecular flexibility index (Phi) is 8.90. The van der Waals surface area contributed by atoms with E-state index in [2.05, 4.69) is 85.0 Å². The lowest BCUT2D eigenvalue weighted by atomic mass is 10.0. The Bertz CT molecular complexity index is 777. The summed E-state index contributed by atoms with van der Waals surface area (Å²) in [6.45, 7) is 3.73. The summed E-state index contributed by atoms with van der Waals surface area (Å²) in [5.74, 6) is 0.980. The Morgan fingerprint density at radius 3 is 2.07 bits per heavy atom. The van der Waals surface area contributed by atoms with Crippen LogP contribution in [0.5, 0.6) is 5.75 Å². The zero-order chi connectivity index (χ0) is 18.0. The molecule has 0 heterocycles. The minimum absolute atomic E-state index is 0. The van der Waals surface area contributed by atoms with Crippen LogP contribution in [0.4, 0.5) is 0 Å². The Morgan fingerprint density at radius 2 is 1.37 bits per heavy atom. The van der Waals surface area contributed by atoms with Crippen molar-refractivity contribution < 1.29 is 4.74 Å². The van der Waals surface area contributed by atoms with Crippen molar-refractivity contribution in [1.29, 1.82) is 0 Å². The minimum Gasteiger partial charge on any atom is -0.492 e. The molecule has 0 aliphatic rings. The first-order valence-electron chi connectivity index (χ1n) is 9.33. The van der Waals surface area contributed by atoms with E-state index in [9.17, 15) is 0 Å². The van der Waals surface area contributed by atoms with Crippen LogP contribution in [0.2, 0.25) is 0 Å². The van der Waals surface area contributed by atoms with Gasteiger partial charge < -0.3 is 10.1 Å². The molecular weight excluding hydrogens is 354 g/mol. The molecule has 142 valence electrons. The van der Waals surface area contributed by atoms with Crippen LogP contribution in [-0.2, 0) is 12.8 Å². The number of hydrogen-bond donors (Lipinski definition) is 1. The highest BCUT2D eigenvalue weighted by Gasteiger charge is 2.05. The van der Waals surface area contributed by atoms with Crippen molar-refractivity contribution in [3.8, 4) is 5.75 Å². The van der Waals surface area contributed by atoms with Gasteiger partial charge in [0.2, 0.25) is 0 Å². The topological polar surface area (TPSA) is 21.3 Å². The zero-order valence-corrected chi connectivity index (χ0v) is 16.6. The van der Waals surface area contributed by atoms with Gasteiger partial charge in [0.05, 0.1) is 0 Å². The van der Waals surface area contributed by atoms with Gasteiger partial charge >= 0.3 is 0 Å². The fraction of sp³-hybridized carbons (Fsp3) is 0.250. The van der Waals surface area contributed by atoms with Gasteiger partial charge in [-0.3, -0.25) is 0 Å². The molecule has 1 unspecified atom stereocenters. The summed E-state index contributed by atoms with van der Waals surface area (Å²) in [6, 6.07) is 29.9. The zero-order valence-electron chi connectivity index (χ0n) is 15.8. The number of ether oxygens (including phenoxy) is 1. The van der Waals surface area contributed by atoms with Crippen molar-refractivity contribution >= 4 is 12.4 Å². The molecule has 27 heavy (non-hydrogen) atoms. The molecule has 1 N–H and O–H groups in total. The summed E-state index contributed by atoms with van der Waals surface area (Å²) >= 11 is 0. The molecule has 0 spiro atoms. The van der Waals surface area contributed by atoms with Gasteiger partial charge in [0.1, 0.15) is 12.4 Å². The van der Waals surface area contributed by atoms with Crippen molar-refractivity contribution in [1.82, 2.24) is 5.32 Å². The Hall–Kier alpha value is -2.29. The van der Waals surface area contributed by atoms with E-state index in [1.165, 1.54) is 16.7 Å². The molecule has 0 bridgehead atoms. The van der Waals surface area contributed by atoms with E-state index in [1.807, 2.05) is 12.1 Å². The van der Waals surface area contributed by atoms with Gasteiger partial charge in [0.25, 0.3) is 0 Å². The van der Waals surface area contributed by atoms with Crippen LogP contribution in [0.1, 0.15) is 23.6 Å². The molecule has 0 aliphatic heterocycles. The highest BCUT2D eigenvalue weighted by molar-refractivity contribution is 5.85. The molecule has 0 radical (unpaired) electrons. The van der Waals surface area contributed by atoms with Gasteiger partial charge in [0, 0.05) is 19.0 Å². The van der Waals surface area contributed by atoms with Crippen molar-refractivity contribution in [3.05, 3.63) is 102 Å². The molecule has 0 saturated heterocycles. The second-order valence-corrected chi connectivity index (χ2v) is 6.66. The summed E-state index contributed by atoms with van der Waals surface area (Å²) in [7, 11) is 0. The predicted octanol–water partition coefficient (Wildman–Crippen LogP) is 5.30. The van der Waals surface area contributed by atoms with Gasteiger partial charge in [-0.1, -0.05) is 78.9 Å². The molecular formula is C24H28ClNO. The SMILES string of the molecule is CC(Cc1ccccc1)NCCOc1ccccc1Cc1ccccc1.Cl. The van der Waals surface area contributed by atoms with Crippen LogP contribution in [0, 0.1) is 0 Å². The Morgan fingerprint density at radius 1 is 0.778 bits per heavy atom. The van der Waals surface area contributed by atoms with Gasteiger partial charge in [-0.05, 0) is 36.1 Å². The normalized spacial score (nSPS) is 11.4. The van der Waals surface area contributed by atoms with Crippen molar-refractivity contribution in [2.75, 3.05) is 13.2 Å². The number of halogens is 1. The first-order chi connectivity index (χ1) is 12.8. The molecule has 3 aromatic carbocycles. The monoisotopic (exact) mass is 381 g/mol. The minimum atomic E-state index is 0. The number of benzene rings is 3. The maximum atomic E-state index is 6.05. The molecule has 1 atom stereocenters. The molecule has 0 aliphatic carbocycles. The van der Waals surface area contributed by atoms with Crippen LogP contribution in [0.15, 0.2) is 84.9 Å². The molecule has 3 aromatic rings. The maximum Gasteiger partial charge on any atom is 0.122 e. The van der Waals surface area contributed by atoms with Crippen LogP contribution in [0.25, 0.3) is 0 Å². The lowest BCUT2D eigenvalue weighted by molar-refractivity contribution is 0.304. The first-order valence-corrected chi connectivity index (χ1v) is 9.33. The van der Waals surface area contributed by atoms with Crippen LogP contribution in [-0.4, -0.2) is 19.2 Å². The Labute approximate surface area is 169 Å². The summed E-state index contributed by atoms with van der Waals surface area (Å²) < 4.78 is 6.05.